The van der Waals surface area contributed by atoms with E-state index >= 15 is 0 Å². The van der Waals surface area contributed by atoms with Gasteiger partial charge in [0.05, 0.1) is 24.3 Å². The molecule has 38 heavy (non-hydrogen) atoms. The van der Waals surface area contributed by atoms with E-state index in [9.17, 15) is 14.3 Å². The van der Waals surface area contributed by atoms with Crippen LogP contribution in [0.4, 0.5) is 10.1 Å². The van der Waals surface area contributed by atoms with Crippen LogP contribution in [0.2, 0.25) is 0 Å². The van der Waals surface area contributed by atoms with E-state index in [0.717, 1.165) is 72.9 Å². The summed E-state index contributed by atoms with van der Waals surface area (Å²) in [4.78, 5) is 16.2. The Bertz CT molecular complexity index is 1230. The smallest absolute Gasteiger partial charge is 0.335 e. The molecular weight excluding hydrogens is 483 g/mol. The molecule has 2 aliphatic rings. The van der Waals surface area contributed by atoms with Crippen LogP contribution in [0.1, 0.15) is 42.6 Å². The maximum absolute atomic E-state index is 13.6. The molecular formula is C31H35FN2O4. The van der Waals surface area contributed by atoms with Crippen LogP contribution >= 0.6 is 0 Å². The van der Waals surface area contributed by atoms with E-state index in [1.165, 1.54) is 12.1 Å². The summed E-state index contributed by atoms with van der Waals surface area (Å²) in [6, 6.07) is 18.4. The molecule has 0 saturated carbocycles. The Morgan fingerprint density at radius 2 is 1.61 bits per heavy atom. The fraction of sp³-hybridized carbons (Fsp3) is 0.387. The highest BCUT2D eigenvalue weighted by atomic mass is 19.1. The predicted molar refractivity (Wildman–Crippen MR) is 147 cm³/mol. The van der Waals surface area contributed by atoms with Gasteiger partial charge in [-0.3, -0.25) is 4.90 Å². The summed E-state index contributed by atoms with van der Waals surface area (Å²) < 4.78 is 25.7. The second-order valence-electron chi connectivity index (χ2n) is 10.0. The Labute approximate surface area is 223 Å². The quantitative estimate of drug-likeness (QED) is 0.370. The van der Waals surface area contributed by atoms with E-state index < -0.39 is 5.97 Å². The van der Waals surface area contributed by atoms with Crippen molar-refractivity contribution in [2.75, 3.05) is 37.7 Å². The van der Waals surface area contributed by atoms with Gasteiger partial charge in [0.15, 0.2) is 0 Å². The van der Waals surface area contributed by atoms with Gasteiger partial charge in [-0.1, -0.05) is 12.1 Å². The molecule has 2 unspecified atom stereocenters. The van der Waals surface area contributed by atoms with E-state index in [2.05, 4.69) is 21.9 Å². The number of carboxylic acid groups (broad SMARTS) is 1. The lowest BCUT2D eigenvalue weighted by Crippen LogP contribution is -2.45. The molecule has 0 amide bonds. The summed E-state index contributed by atoms with van der Waals surface area (Å²) in [5.41, 5.74) is 4.29. The van der Waals surface area contributed by atoms with Gasteiger partial charge in [-0.05, 0) is 92.3 Å². The predicted octanol–water partition coefficient (Wildman–Crippen LogP) is 6.09. The lowest BCUT2D eigenvalue weighted by Gasteiger charge is -2.39. The maximum Gasteiger partial charge on any atom is 0.335 e. The molecule has 0 aliphatic carbocycles. The molecule has 0 radical (unpaired) electrons. The molecule has 200 valence electrons. The first-order chi connectivity index (χ1) is 18.5. The van der Waals surface area contributed by atoms with Crippen LogP contribution in [-0.2, 0) is 6.54 Å². The minimum Gasteiger partial charge on any atom is -0.493 e. The Hall–Kier alpha value is -3.58. The van der Waals surface area contributed by atoms with Crippen molar-refractivity contribution < 1.29 is 23.8 Å². The maximum atomic E-state index is 13.6. The van der Waals surface area contributed by atoms with Crippen LogP contribution < -0.4 is 14.4 Å². The summed E-state index contributed by atoms with van der Waals surface area (Å²) >= 11 is 0. The van der Waals surface area contributed by atoms with Crippen molar-refractivity contribution >= 4 is 11.7 Å². The fourth-order valence-corrected chi connectivity index (χ4v) is 5.95. The van der Waals surface area contributed by atoms with Gasteiger partial charge >= 0.3 is 5.97 Å². The third-order valence-electron chi connectivity index (χ3n) is 7.63. The number of hydrogen-bond donors (Lipinski definition) is 1. The molecule has 5 rings (SSSR count). The van der Waals surface area contributed by atoms with Crippen molar-refractivity contribution in [1.29, 1.82) is 0 Å². The minimum atomic E-state index is -0.894. The molecule has 2 fully saturated rings. The lowest BCUT2D eigenvalue weighted by atomic mass is 9.92. The SMILES string of the molecule is CCOc1cc(CN2CCC3C(CCN3c3ccc(C(=O)O)cc3)C2)cc(OCC)c1-c1ccc(F)cc1. The van der Waals surface area contributed by atoms with E-state index in [4.69, 9.17) is 9.47 Å². The molecule has 3 aromatic carbocycles. The number of nitrogens with zero attached hydrogens (tertiary/aromatic N) is 2. The monoisotopic (exact) mass is 518 g/mol. The van der Waals surface area contributed by atoms with Gasteiger partial charge in [0.2, 0.25) is 0 Å². The number of aromatic carboxylic acids is 1. The average molecular weight is 519 g/mol. The fourth-order valence-electron chi connectivity index (χ4n) is 5.95. The second kappa shape index (κ2) is 11.4. The van der Waals surface area contributed by atoms with Crippen molar-refractivity contribution in [2.45, 2.75) is 39.3 Å². The summed E-state index contributed by atoms with van der Waals surface area (Å²) in [5.74, 6) is 0.917. The number of rotatable bonds is 9. The number of carbonyl (C=O) groups is 1. The number of piperidine rings is 1. The van der Waals surface area contributed by atoms with E-state index in [1.54, 1.807) is 24.3 Å². The van der Waals surface area contributed by atoms with Gasteiger partial charge in [-0.25, -0.2) is 9.18 Å². The van der Waals surface area contributed by atoms with E-state index in [1.807, 2.05) is 26.0 Å². The minimum absolute atomic E-state index is 0.271. The summed E-state index contributed by atoms with van der Waals surface area (Å²) in [6.07, 6.45) is 2.19. The van der Waals surface area contributed by atoms with Gasteiger partial charge in [0.1, 0.15) is 17.3 Å². The molecule has 1 N–H and O–H groups in total. The summed E-state index contributed by atoms with van der Waals surface area (Å²) in [5, 5.41) is 9.21. The molecule has 2 atom stereocenters. The standard InChI is InChI=1S/C31H35FN2O4/c1-3-37-28-17-21(18-29(38-4-2)30(28)22-5-9-25(32)10-6-22)19-33-15-14-27-24(20-33)13-16-34(27)26-11-7-23(8-12-26)31(35)36/h5-12,17-18,24,27H,3-4,13-16,19-20H2,1-2H3,(H,35,36). The first kappa shape index (κ1) is 26.0. The van der Waals surface area contributed by atoms with Crippen LogP contribution in [-0.4, -0.2) is 54.9 Å². The summed E-state index contributed by atoms with van der Waals surface area (Å²) in [7, 11) is 0. The first-order valence-electron chi connectivity index (χ1n) is 13.5. The van der Waals surface area contributed by atoms with Crippen LogP contribution in [0.15, 0.2) is 60.7 Å². The Morgan fingerprint density at radius 3 is 2.21 bits per heavy atom. The average Bonchev–Trinajstić information content (AvgIpc) is 3.33. The van der Waals surface area contributed by atoms with Crippen LogP contribution in [0.25, 0.3) is 11.1 Å². The van der Waals surface area contributed by atoms with Gasteiger partial charge < -0.3 is 19.5 Å². The third kappa shape index (κ3) is 5.48. The third-order valence-corrected chi connectivity index (χ3v) is 7.63. The number of benzene rings is 3. The number of likely N-dealkylation sites (tertiary alicyclic amines) is 1. The van der Waals surface area contributed by atoms with Crippen LogP contribution in [0, 0.1) is 11.7 Å². The molecule has 0 bridgehead atoms. The number of hydrogen-bond acceptors (Lipinski definition) is 5. The highest BCUT2D eigenvalue weighted by Gasteiger charge is 2.38. The topological polar surface area (TPSA) is 62.2 Å². The van der Waals surface area contributed by atoms with E-state index in [-0.39, 0.29) is 5.82 Å². The summed E-state index contributed by atoms with van der Waals surface area (Å²) in [6.45, 7) is 8.78. The number of halogens is 1. The van der Waals surface area contributed by atoms with Crippen molar-refractivity contribution in [3.05, 3.63) is 77.6 Å². The Morgan fingerprint density at radius 1 is 0.947 bits per heavy atom. The highest BCUT2D eigenvalue weighted by molar-refractivity contribution is 5.88. The van der Waals surface area contributed by atoms with Crippen LogP contribution in [0.5, 0.6) is 11.5 Å². The number of ether oxygens (including phenoxy) is 2. The van der Waals surface area contributed by atoms with Gasteiger partial charge in [0.25, 0.3) is 0 Å². The van der Waals surface area contributed by atoms with E-state index in [0.29, 0.717) is 30.7 Å². The van der Waals surface area contributed by atoms with Crippen molar-refractivity contribution in [2.24, 2.45) is 5.92 Å². The largest absolute Gasteiger partial charge is 0.493 e. The molecule has 7 heteroatoms. The molecule has 0 aromatic heterocycles. The first-order valence-corrected chi connectivity index (χ1v) is 13.5. The molecule has 3 aromatic rings. The molecule has 2 saturated heterocycles. The highest BCUT2D eigenvalue weighted by Crippen LogP contribution is 2.41. The van der Waals surface area contributed by atoms with Crippen molar-refractivity contribution in [3.8, 4) is 22.6 Å². The molecule has 2 aliphatic heterocycles. The van der Waals surface area contributed by atoms with Gasteiger partial charge in [-0.15, -0.1) is 0 Å². The number of fused-ring (bicyclic) bond motifs is 1. The van der Waals surface area contributed by atoms with Crippen molar-refractivity contribution in [1.82, 2.24) is 4.90 Å². The van der Waals surface area contributed by atoms with Crippen LogP contribution in [0.3, 0.4) is 0 Å². The Balaban J connectivity index is 1.32. The van der Waals surface area contributed by atoms with Gasteiger partial charge in [-0.2, -0.15) is 0 Å². The second-order valence-corrected chi connectivity index (χ2v) is 10.0. The normalized spacial score (nSPS) is 19.3. The Kier molecular flexibility index (Phi) is 7.84. The lowest BCUT2D eigenvalue weighted by molar-refractivity contribution is 0.0697. The molecule has 2 heterocycles. The van der Waals surface area contributed by atoms with Crippen molar-refractivity contribution in [3.63, 3.8) is 0 Å². The molecule has 6 nitrogen and oxygen atoms in total. The molecule has 0 spiro atoms. The zero-order chi connectivity index (χ0) is 26.6. The number of anilines is 1. The number of carboxylic acids is 1. The zero-order valence-electron chi connectivity index (χ0n) is 22.0. The zero-order valence-corrected chi connectivity index (χ0v) is 22.0. The van der Waals surface area contributed by atoms with Gasteiger partial charge in [0, 0.05) is 37.9 Å².